The van der Waals surface area contributed by atoms with Gasteiger partial charge in [-0.25, -0.2) is 4.98 Å². The summed E-state index contributed by atoms with van der Waals surface area (Å²) in [5, 5.41) is 0. The van der Waals surface area contributed by atoms with E-state index in [1.807, 2.05) is 0 Å². The fraction of sp³-hybridized carbons (Fsp3) is 0.231. The van der Waals surface area contributed by atoms with Crippen molar-refractivity contribution in [3.63, 3.8) is 0 Å². The highest BCUT2D eigenvalue weighted by atomic mass is 14.7. The zero-order valence-electron chi connectivity index (χ0n) is 8.64. The van der Waals surface area contributed by atoms with Crippen molar-refractivity contribution < 1.29 is 0 Å². The van der Waals surface area contributed by atoms with Gasteiger partial charge in [-0.2, -0.15) is 0 Å². The van der Waals surface area contributed by atoms with Crippen LogP contribution in [0.4, 0.5) is 0 Å². The third-order valence-electron chi connectivity index (χ3n) is 2.21. The van der Waals surface area contributed by atoms with Crippen molar-refractivity contribution >= 4 is 0 Å². The molecule has 0 N–H and O–H groups in total. The molecule has 1 atom stereocenters. The van der Waals surface area contributed by atoms with Gasteiger partial charge in [0.1, 0.15) is 5.69 Å². The summed E-state index contributed by atoms with van der Waals surface area (Å²) in [5.41, 5.74) is 1.78. The summed E-state index contributed by atoms with van der Waals surface area (Å²) in [6.07, 6.45) is 12.4. The lowest BCUT2D eigenvalue weighted by Crippen LogP contribution is -1.92. The number of aromatic nitrogens is 2. The monoisotopic (exact) mass is 196 g/mol. The summed E-state index contributed by atoms with van der Waals surface area (Å²) in [4.78, 5) is 8.05. The van der Waals surface area contributed by atoms with Crippen LogP contribution in [0.25, 0.3) is 0 Å². The Balaban J connectivity index is 2.11. The van der Waals surface area contributed by atoms with Crippen LogP contribution < -0.4 is 0 Å². The number of hydrogen-bond acceptors (Lipinski definition) is 2. The van der Waals surface area contributed by atoms with Crippen LogP contribution in [0.2, 0.25) is 0 Å². The molecule has 1 aromatic heterocycles. The topological polar surface area (TPSA) is 25.8 Å². The van der Waals surface area contributed by atoms with Crippen molar-refractivity contribution in [2.75, 3.05) is 0 Å². The van der Waals surface area contributed by atoms with E-state index in [2.05, 4.69) is 47.0 Å². The summed E-state index contributed by atoms with van der Waals surface area (Å²) < 4.78 is 0. The minimum Gasteiger partial charge on any atom is -0.260 e. The third-order valence-corrected chi connectivity index (χ3v) is 2.21. The van der Waals surface area contributed by atoms with E-state index in [0.717, 1.165) is 12.0 Å². The lowest BCUT2D eigenvalue weighted by Gasteiger charge is -2.06. The van der Waals surface area contributed by atoms with Crippen molar-refractivity contribution in [2.24, 2.45) is 5.92 Å². The smallest absolute Gasteiger partial charge is 0.131 e. The molecule has 1 aliphatic rings. The average molecular weight is 196 g/mol. The first-order valence-corrected chi connectivity index (χ1v) is 5.01. The molecule has 0 aliphatic heterocycles. The fourth-order valence-corrected chi connectivity index (χ4v) is 1.32. The lowest BCUT2D eigenvalue weighted by molar-refractivity contribution is 0.734. The molecule has 2 nitrogen and oxygen atoms in total. The van der Waals surface area contributed by atoms with E-state index < -0.39 is 0 Å². The van der Waals surface area contributed by atoms with Crippen LogP contribution in [0.3, 0.4) is 0 Å². The maximum Gasteiger partial charge on any atom is 0.131 e. The Labute approximate surface area is 89.8 Å². The van der Waals surface area contributed by atoms with Crippen LogP contribution >= 0.6 is 0 Å². The molecule has 0 amide bonds. The van der Waals surface area contributed by atoms with E-state index in [0.29, 0.717) is 11.6 Å². The molecule has 15 heavy (non-hydrogen) atoms. The van der Waals surface area contributed by atoms with Gasteiger partial charge in [-0.1, -0.05) is 31.1 Å². The Bertz CT molecular complexity index is 446. The first-order valence-electron chi connectivity index (χ1n) is 5.01. The molecule has 1 aliphatic carbocycles. The van der Waals surface area contributed by atoms with Gasteiger partial charge in [0.25, 0.3) is 0 Å². The van der Waals surface area contributed by atoms with Gasteiger partial charge in [-0.05, 0) is 18.3 Å². The Morgan fingerprint density at radius 1 is 1.33 bits per heavy atom. The first kappa shape index (κ1) is 9.67. The van der Waals surface area contributed by atoms with Gasteiger partial charge in [-0.15, -0.1) is 0 Å². The van der Waals surface area contributed by atoms with Crippen molar-refractivity contribution in [3.05, 3.63) is 48.1 Å². The Morgan fingerprint density at radius 3 is 2.93 bits per heavy atom. The lowest BCUT2D eigenvalue weighted by atomic mass is 9.99. The van der Waals surface area contributed by atoms with Crippen LogP contribution in [0.5, 0.6) is 0 Å². The zero-order valence-corrected chi connectivity index (χ0v) is 8.64. The van der Waals surface area contributed by atoms with Crippen LogP contribution in [0.15, 0.2) is 42.4 Å². The van der Waals surface area contributed by atoms with Gasteiger partial charge >= 0.3 is 0 Å². The minimum atomic E-state index is 0.632. The van der Waals surface area contributed by atoms with Gasteiger partial charge in [-0.3, -0.25) is 4.98 Å². The van der Waals surface area contributed by atoms with Crippen molar-refractivity contribution in [3.8, 4) is 11.8 Å². The second-order valence-corrected chi connectivity index (χ2v) is 3.57. The number of hydrogen-bond donors (Lipinski definition) is 0. The van der Waals surface area contributed by atoms with Crippen LogP contribution in [0.1, 0.15) is 19.0 Å². The van der Waals surface area contributed by atoms with E-state index in [1.54, 1.807) is 18.6 Å². The summed E-state index contributed by atoms with van der Waals surface area (Å²) in [7, 11) is 0. The molecule has 1 heterocycles. The summed E-state index contributed by atoms with van der Waals surface area (Å²) in [6.45, 7) is 2.19. The maximum atomic E-state index is 4.09. The van der Waals surface area contributed by atoms with Gasteiger partial charge in [0.15, 0.2) is 0 Å². The van der Waals surface area contributed by atoms with E-state index in [1.165, 1.54) is 0 Å². The number of nitrogens with zero attached hydrogens (tertiary/aromatic N) is 2. The summed E-state index contributed by atoms with van der Waals surface area (Å²) in [5.74, 6) is 6.70. The maximum absolute atomic E-state index is 4.09. The van der Waals surface area contributed by atoms with Crippen LogP contribution in [-0.4, -0.2) is 9.97 Å². The third kappa shape index (κ3) is 2.78. The molecular weight excluding hydrogens is 184 g/mol. The van der Waals surface area contributed by atoms with Crippen molar-refractivity contribution in [2.45, 2.75) is 13.3 Å². The van der Waals surface area contributed by atoms with E-state index >= 15 is 0 Å². The average Bonchev–Trinajstić information content (AvgIpc) is 2.30. The predicted molar refractivity (Wildman–Crippen MR) is 59.9 cm³/mol. The van der Waals surface area contributed by atoms with Gasteiger partial charge in [0.05, 0.1) is 6.20 Å². The highest BCUT2D eigenvalue weighted by Gasteiger charge is 2.00. The van der Waals surface area contributed by atoms with E-state index in [4.69, 9.17) is 0 Å². The van der Waals surface area contributed by atoms with Gasteiger partial charge in [0.2, 0.25) is 0 Å². The second kappa shape index (κ2) is 4.56. The molecule has 0 radical (unpaired) electrons. The minimum absolute atomic E-state index is 0.632. The molecule has 0 aromatic carbocycles. The highest BCUT2D eigenvalue weighted by molar-refractivity contribution is 5.43. The molecule has 0 spiro atoms. The normalized spacial score (nSPS) is 19.0. The summed E-state index contributed by atoms with van der Waals surface area (Å²) >= 11 is 0. The first-order chi connectivity index (χ1) is 7.34. The predicted octanol–water partition coefficient (Wildman–Crippen LogP) is 2.35. The van der Waals surface area contributed by atoms with E-state index in [-0.39, 0.29) is 0 Å². The molecule has 0 fully saturated rings. The standard InChI is InChI=1S/C13H12N2/c1-11-2-4-12(5-3-11)6-7-13-10-14-8-9-15-13/h2,4-5,8-11H,3H2,1H3. The Morgan fingerprint density at radius 2 is 2.27 bits per heavy atom. The molecule has 0 saturated carbocycles. The van der Waals surface area contributed by atoms with Crippen LogP contribution in [0, 0.1) is 17.8 Å². The largest absolute Gasteiger partial charge is 0.260 e. The van der Waals surface area contributed by atoms with Gasteiger partial charge < -0.3 is 0 Å². The van der Waals surface area contributed by atoms with Crippen LogP contribution in [-0.2, 0) is 0 Å². The van der Waals surface area contributed by atoms with Gasteiger partial charge in [0, 0.05) is 18.0 Å². The fourth-order valence-electron chi connectivity index (χ4n) is 1.32. The molecule has 2 rings (SSSR count). The molecule has 0 saturated heterocycles. The molecule has 2 heteroatoms. The van der Waals surface area contributed by atoms with Crippen molar-refractivity contribution in [1.29, 1.82) is 0 Å². The molecule has 0 bridgehead atoms. The molecule has 74 valence electrons. The summed E-state index contributed by atoms with van der Waals surface area (Å²) in [6, 6.07) is 0. The SMILES string of the molecule is CC1C=CC(C#Cc2cnccn2)=CC1. The molecular formula is C13H12N2. The number of allylic oxidation sites excluding steroid dienone is 4. The Kier molecular flexibility index (Phi) is 2.94. The van der Waals surface area contributed by atoms with Crippen molar-refractivity contribution in [1.82, 2.24) is 9.97 Å². The zero-order chi connectivity index (χ0) is 10.5. The quantitative estimate of drug-likeness (QED) is 0.595. The van der Waals surface area contributed by atoms with E-state index in [9.17, 15) is 0 Å². The Hall–Kier alpha value is -1.88. The molecule has 1 aromatic rings. The second-order valence-electron chi connectivity index (χ2n) is 3.57. The highest BCUT2D eigenvalue weighted by Crippen LogP contribution is 2.14. The molecule has 1 unspecified atom stereocenters. The number of rotatable bonds is 0.